The molecule has 0 aliphatic rings. The van der Waals surface area contributed by atoms with E-state index < -0.39 is 0 Å². The van der Waals surface area contributed by atoms with Crippen LogP contribution in [0.2, 0.25) is 0 Å². The molecule has 8 nitrogen and oxygen atoms in total. The first-order valence-corrected chi connectivity index (χ1v) is 34.1. The number of para-hydroxylation sites is 7. The number of fused-ring (bicyclic) bond motifs is 4. The third-order valence-corrected chi connectivity index (χ3v) is 16.2. The first kappa shape index (κ1) is 63.2. The van der Waals surface area contributed by atoms with Gasteiger partial charge in [-0.15, -0.1) is 0 Å². The smallest absolute Gasteiger partial charge is 0.189 e. The highest BCUT2D eigenvalue weighted by atomic mass is 14.9. The van der Waals surface area contributed by atoms with Gasteiger partial charge < -0.3 is 31.9 Å². The Bertz CT molecular complexity index is 5660. The number of hydrogen-bond donors (Lipinski definition) is 6. The standard InChI is InChI=1S/C22H17N.C20H15N.C18H15N.C13H10N2.C12H11N.C11H10N2/c1-2-9-19(10-3-1)23-20-15-13-18(14-16-20)22-12-6-8-17-7-4-5-11-21(17)22;1-2-9-16(10-3-1)21-20-14-15-8-4-5-11-17(15)18-12-6-7-13-19(18)20;1-3-8-15(9-4-1)16-10-7-13-18(14-16)19-17-11-5-2-6-12-17;1-14-12-8-5-9-13(10-12)15-11-6-3-2-4-7-11;1-3-7-11(8-4-1)13-12-9-5-2-6-10-12;1-2-5-10(6-3-1)13-11-7-4-8-12-9-11/h1-16,23H;1-14,21H;1-14,19H;2-10,15H;1-10,13H;1-9,13H/i;;;;1D,3D,4D,7D,8D;. The Morgan fingerprint density at radius 3 is 1.17 bits per heavy atom. The fourth-order valence-electron chi connectivity index (χ4n) is 11.3. The summed E-state index contributed by atoms with van der Waals surface area (Å²) in [5, 5.41) is 27.4. The molecular weight excluding hydrogens is 1270 g/mol. The molecule has 1 aromatic heterocycles. The van der Waals surface area contributed by atoms with Crippen molar-refractivity contribution in [1.82, 2.24) is 4.98 Å². The van der Waals surface area contributed by atoms with Crippen molar-refractivity contribution in [3.63, 3.8) is 0 Å². The van der Waals surface area contributed by atoms with Crippen molar-refractivity contribution in [3.8, 4) is 22.3 Å². The van der Waals surface area contributed by atoms with Crippen LogP contribution in [0.1, 0.15) is 6.85 Å². The van der Waals surface area contributed by atoms with E-state index in [1.54, 1.807) is 42.7 Å². The van der Waals surface area contributed by atoms with Crippen molar-refractivity contribution >= 4 is 106 Å². The second-order valence-corrected chi connectivity index (χ2v) is 23.6. The van der Waals surface area contributed by atoms with Crippen molar-refractivity contribution in [2.24, 2.45) is 0 Å². The molecule has 0 spiro atoms. The molecular formula is C96H78N8. The lowest BCUT2D eigenvalue weighted by Crippen LogP contribution is -1.92. The van der Waals surface area contributed by atoms with E-state index >= 15 is 0 Å². The van der Waals surface area contributed by atoms with Gasteiger partial charge >= 0.3 is 0 Å². The number of anilines is 12. The fraction of sp³-hybridized carbons (Fsp3) is 0. The van der Waals surface area contributed by atoms with Crippen LogP contribution in [-0.2, 0) is 0 Å². The molecule has 1 heterocycles. The van der Waals surface area contributed by atoms with Gasteiger partial charge in [-0.05, 0) is 189 Å². The maximum absolute atomic E-state index is 7.75. The van der Waals surface area contributed by atoms with Crippen LogP contribution in [0.15, 0.2) is 437 Å². The third-order valence-electron chi connectivity index (χ3n) is 16.2. The van der Waals surface area contributed by atoms with E-state index in [4.69, 9.17) is 13.4 Å². The zero-order valence-electron chi connectivity index (χ0n) is 62.1. The summed E-state index contributed by atoms with van der Waals surface area (Å²) in [7, 11) is 0. The molecule has 0 aliphatic carbocycles. The van der Waals surface area contributed by atoms with Gasteiger partial charge in [0.2, 0.25) is 0 Å². The van der Waals surface area contributed by atoms with Gasteiger partial charge in [-0.3, -0.25) is 4.98 Å². The minimum Gasteiger partial charge on any atom is -0.357 e. The highest BCUT2D eigenvalue weighted by Gasteiger charge is 2.08. The predicted octanol–water partition coefficient (Wildman–Crippen LogP) is 27.3. The lowest BCUT2D eigenvalue weighted by atomic mass is 9.98. The molecule has 0 unspecified atom stereocenters. The minimum atomic E-state index is -0.386. The number of nitrogens with one attached hydrogen (secondary N) is 6. The van der Waals surface area contributed by atoms with Crippen LogP contribution in [0, 0.1) is 6.57 Å². The first-order valence-electron chi connectivity index (χ1n) is 36.6. The van der Waals surface area contributed by atoms with Gasteiger partial charge in [0.1, 0.15) is 0 Å². The number of pyridine rings is 1. The summed E-state index contributed by atoms with van der Waals surface area (Å²) in [4.78, 5) is 7.40. The quantitative estimate of drug-likeness (QED) is 0.0478. The largest absolute Gasteiger partial charge is 0.357 e. The Morgan fingerprint density at radius 1 is 0.250 bits per heavy atom. The van der Waals surface area contributed by atoms with Crippen molar-refractivity contribution in [1.29, 1.82) is 0 Å². The molecule has 17 rings (SSSR count). The topological polar surface area (TPSA) is 89.4 Å². The number of hydrogen-bond acceptors (Lipinski definition) is 7. The number of nitrogens with zero attached hydrogens (tertiary/aromatic N) is 2. The van der Waals surface area contributed by atoms with E-state index in [0.717, 1.165) is 56.9 Å². The molecule has 17 aromatic rings. The Hall–Kier alpha value is -14.3. The average Bonchev–Trinajstić information content (AvgIpc) is 0.803. The molecule has 104 heavy (non-hydrogen) atoms. The Kier molecular flexibility index (Phi) is 22.9. The summed E-state index contributed by atoms with van der Waals surface area (Å²) in [6, 6.07) is 131. The van der Waals surface area contributed by atoms with E-state index in [0.29, 0.717) is 11.4 Å². The van der Waals surface area contributed by atoms with Crippen LogP contribution >= 0.6 is 0 Å². The molecule has 0 saturated carbocycles. The normalized spacial score (nSPS) is 10.8. The molecule has 0 fully saturated rings. The van der Waals surface area contributed by atoms with E-state index in [9.17, 15) is 0 Å². The molecule has 0 bridgehead atoms. The number of benzene rings is 16. The van der Waals surface area contributed by atoms with Crippen LogP contribution in [0.25, 0.3) is 59.4 Å². The van der Waals surface area contributed by atoms with Gasteiger partial charge in [0.25, 0.3) is 0 Å². The van der Waals surface area contributed by atoms with Crippen molar-refractivity contribution < 1.29 is 6.85 Å². The Balaban J connectivity index is 0.000000123. The van der Waals surface area contributed by atoms with Crippen LogP contribution in [0.5, 0.6) is 0 Å². The minimum absolute atomic E-state index is 0.0900. The van der Waals surface area contributed by atoms with Crippen LogP contribution in [-0.4, -0.2) is 4.98 Å². The highest BCUT2D eigenvalue weighted by molar-refractivity contribution is 6.13. The summed E-state index contributed by atoms with van der Waals surface area (Å²) >= 11 is 0. The van der Waals surface area contributed by atoms with Gasteiger partial charge in [0, 0.05) is 74.1 Å². The molecule has 6 N–H and O–H groups in total. The van der Waals surface area contributed by atoms with E-state index in [1.165, 1.54) is 54.6 Å². The first-order chi connectivity index (χ1) is 53.6. The summed E-state index contributed by atoms with van der Waals surface area (Å²) in [6.07, 6.45) is 3.56. The van der Waals surface area contributed by atoms with Crippen LogP contribution in [0.4, 0.5) is 73.9 Å². The summed E-state index contributed by atoms with van der Waals surface area (Å²) in [5.41, 5.74) is 17.1. The van der Waals surface area contributed by atoms with Gasteiger partial charge in [0.15, 0.2) is 5.69 Å². The predicted molar refractivity (Wildman–Crippen MR) is 444 cm³/mol. The highest BCUT2D eigenvalue weighted by Crippen LogP contribution is 2.35. The van der Waals surface area contributed by atoms with E-state index in [2.05, 4.69) is 248 Å². The van der Waals surface area contributed by atoms with Gasteiger partial charge in [-0.25, -0.2) is 4.85 Å². The molecule has 0 atom stereocenters. The molecule has 0 amide bonds. The van der Waals surface area contributed by atoms with Crippen molar-refractivity contribution in [3.05, 3.63) is 448 Å². The molecule has 8 heteroatoms. The van der Waals surface area contributed by atoms with Gasteiger partial charge in [-0.1, -0.05) is 285 Å². The summed E-state index contributed by atoms with van der Waals surface area (Å²) in [6.45, 7) is 6.92. The van der Waals surface area contributed by atoms with Gasteiger partial charge in [-0.2, -0.15) is 0 Å². The molecule has 0 saturated heterocycles. The third kappa shape index (κ3) is 21.1. The van der Waals surface area contributed by atoms with Crippen LogP contribution < -0.4 is 31.9 Å². The monoisotopic (exact) mass is 1350 g/mol. The van der Waals surface area contributed by atoms with E-state index in [-0.39, 0.29) is 35.9 Å². The van der Waals surface area contributed by atoms with Crippen LogP contribution in [0.3, 0.4) is 0 Å². The molecule has 0 radical (unpaired) electrons. The average molecular weight is 1350 g/mol. The maximum Gasteiger partial charge on any atom is 0.189 e. The second kappa shape index (κ2) is 37.6. The summed E-state index contributed by atoms with van der Waals surface area (Å²) in [5.74, 6) is 0. The van der Waals surface area contributed by atoms with Gasteiger partial charge in [0.05, 0.1) is 25.3 Å². The molecule has 0 aliphatic heterocycles. The van der Waals surface area contributed by atoms with Crippen molar-refractivity contribution in [2.45, 2.75) is 0 Å². The van der Waals surface area contributed by atoms with E-state index in [1.807, 2.05) is 158 Å². The summed E-state index contributed by atoms with van der Waals surface area (Å²) < 4.78 is 38.1. The number of rotatable bonds is 14. The lowest BCUT2D eigenvalue weighted by Gasteiger charge is -2.12. The Morgan fingerprint density at radius 2 is 0.635 bits per heavy atom. The van der Waals surface area contributed by atoms with Crippen molar-refractivity contribution in [2.75, 3.05) is 31.9 Å². The zero-order valence-corrected chi connectivity index (χ0v) is 57.1. The maximum atomic E-state index is 7.75. The number of aromatic nitrogens is 1. The molecule has 502 valence electrons. The SMILES string of the molecule is [2H]c1c([2H])c([2H])c(Nc2ccccc2)c([2H])c1[2H].[C-]#[N+]c1cccc(Nc2ccccc2)c1.c1ccc(Nc2cc3ccccc3c3ccccc23)cc1.c1ccc(Nc2ccc(-c3cccc4ccccc34)cc2)cc1.c1ccc(Nc2cccc(-c3ccccc3)c2)cc1.c1ccc(Nc2cccnc2)cc1. The lowest BCUT2D eigenvalue weighted by molar-refractivity contribution is 1.32. The zero-order chi connectivity index (χ0) is 75.2. The Labute approximate surface area is 617 Å². The second-order valence-electron chi connectivity index (χ2n) is 23.6. The fourth-order valence-corrected chi connectivity index (χ4v) is 11.3. The molecule has 16 aromatic carbocycles.